The first kappa shape index (κ1) is 9.68. The maximum Gasteiger partial charge on any atom is 0.0960 e. The molecule has 1 N–H and O–H groups in total. The smallest absolute Gasteiger partial charge is 0.0960 e. The van der Waals surface area contributed by atoms with Gasteiger partial charge in [0, 0.05) is 5.02 Å². The van der Waals surface area contributed by atoms with Crippen LogP contribution >= 0.6 is 11.6 Å². The first-order valence-corrected chi connectivity index (χ1v) is 6.09. The lowest BCUT2D eigenvalue weighted by atomic mass is 10.0. The van der Waals surface area contributed by atoms with Crippen LogP contribution in [0.5, 0.6) is 0 Å². The third-order valence-electron chi connectivity index (χ3n) is 4.07. The Balaban J connectivity index is 1.94. The Labute approximate surface area is 95.1 Å². The van der Waals surface area contributed by atoms with Crippen molar-refractivity contribution < 1.29 is 5.11 Å². The van der Waals surface area contributed by atoms with Gasteiger partial charge in [0.1, 0.15) is 0 Å². The summed E-state index contributed by atoms with van der Waals surface area (Å²) in [6.45, 7) is 0. The summed E-state index contributed by atoms with van der Waals surface area (Å²) in [5, 5.41) is 11.4. The van der Waals surface area contributed by atoms with E-state index >= 15 is 0 Å². The minimum Gasteiger partial charge on any atom is -0.385 e. The Bertz CT molecular complexity index is 376. The van der Waals surface area contributed by atoms with Gasteiger partial charge in [-0.2, -0.15) is 0 Å². The fourth-order valence-corrected chi connectivity index (χ4v) is 3.45. The molecular formula is C13H15ClO. The predicted octanol–water partition coefficient (Wildman–Crippen LogP) is 3.35. The van der Waals surface area contributed by atoms with Crippen LogP contribution in [0, 0.1) is 11.8 Å². The molecule has 2 atom stereocenters. The van der Waals surface area contributed by atoms with Crippen molar-refractivity contribution in [2.75, 3.05) is 0 Å². The van der Waals surface area contributed by atoms with Gasteiger partial charge in [-0.15, -0.1) is 0 Å². The first-order valence-electron chi connectivity index (χ1n) is 5.71. The van der Waals surface area contributed by atoms with E-state index in [2.05, 4.69) is 0 Å². The molecule has 2 unspecified atom stereocenters. The van der Waals surface area contributed by atoms with E-state index in [-0.39, 0.29) is 0 Å². The summed E-state index contributed by atoms with van der Waals surface area (Å²) in [7, 11) is 0. The number of hydrogen-bond acceptors (Lipinski definition) is 1. The highest BCUT2D eigenvalue weighted by Crippen LogP contribution is 2.64. The highest BCUT2D eigenvalue weighted by molar-refractivity contribution is 6.30. The Morgan fingerprint density at radius 3 is 2.47 bits per heavy atom. The summed E-state index contributed by atoms with van der Waals surface area (Å²) in [5.74, 6) is 0.981. The van der Waals surface area contributed by atoms with E-state index in [4.69, 9.17) is 11.6 Å². The maximum atomic E-state index is 10.6. The predicted molar refractivity (Wildman–Crippen MR) is 60.8 cm³/mol. The zero-order valence-electron chi connectivity index (χ0n) is 8.62. The topological polar surface area (TPSA) is 20.2 Å². The van der Waals surface area contributed by atoms with Crippen molar-refractivity contribution in [1.29, 1.82) is 0 Å². The molecule has 0 amide bonds. The van der Waals surface area contributed by atoms with Gasteiger partial charge < -0.3 is 5.11 Å². The lowest BCUT2D eigenvalue weighted by molar-refractivity contribution is 0.118. The Morgan fingerprint density at radius 2 is 1.87 bits per heavy atom. The van der Waals surface area contributed by atoms with E-state index in [1.807, 2.05) is 24.3 Å². The van der Waals surface area contributed by atoms with Crippen LogP contribution in [-0.4, -0.2) is 5.11 Å². The molecule has 0 aromatic heterocycles. The maximum absolute atomic E-state index is 10.6. The zero-order valence-corrected chi connectivity index (χ0v) is 9.37. The number of aliphatic hydroxyl groups is 1. The summed E-state index contributed by atoms with van der Waals surface area (Å²) < 4.78 is 0. The fourth-order valence-electron chi connectivity index (χ4n) is 3.26. The number of fused-ring (bicyclic) bond motifs is 1. The number of halogens is 1. The second-order valence-electron chi connectivity index (χ2n) is 4.83. The summed E-state index contributed by atoms with van der Waals surface area (Å²) >= 11 is 5.96. The van der Waals surface area contributed by atoms with Crippen molar-refractivity contribution in [3.8, 4) is 0 Å². The van der Waals surface area contributed by atoms with E-state index in [1.165, 1.54) is 25.7 Å². The van der Waals surface area contributed by atoms with Gasteiger partial charge in [0.15, 0.2) is 0 Å². The van der Waals surface area contributed by atoms with E-state index in [0.29, 0.717) is 11.8 Å². The van der Waals surface area contributed by atoms with E-state index in [1.54, 1.807) is 0 Å². The molecule has 0 heterocycles. The lowest BCUT2D eigenvalue weighted by Gasteiger charge is -2.11. The summed E-state index contributed by atoms with van der Waals surface area (Å²) in [6, 6.07) is 7.71. The largest absolute Gasteiger partial charge is 0.385 e. The summed E-state index contributed by atoms with van der Waals surface area (Å²) in [4.78, 5) is 0. The summed E-state index contributed by atoms with van der Waals surface area (Å²) in [6.07, 6.45) is 4.88. The third kappa shape index (κ3) is 1.33. The summed E-state index contributed by atoms with van der Waals surface area (Å²) in [5.41, 5.74) is 0.466. The van der Waals surface area contributed by atoms with Crippen LogP contribution in [0.25, 0.3) is 0 Å². The molecule has 2 heteroatoms. The third-order valence-corrected chi connectivity index (χ3v) is 4.31. The fraction of sp³-hybridized carbons (Fsp3) is 0.538. The molecule has 1 nitrogen and oxygen atoms in total. The van der Waals surface area contributed by atoms with E-state index in [0.717, 1.165) is 10.6 Å². The molecule has 0 radical (unpaired) electrons. The van der Waals surface area contributed by atoms with Crippen molar-refractivity contribution in [1.82, 2.24) is 0 Å². The van der Waals surface area contributed by atoms with Gasteiger partial charge in [-0.25, -0.2) is 0 Å². The van der Waals surface area contributed by atoms with Crippen LogP contribution in [0.3, 0.4) is 0 Å². The Kier molecular flexibility index (Phi) is 2.08. The van der Waals surface area contributed by atoms with Gasteiger partial charge in [0.25, 0.3) is 0 Å². The molecule has 3 rings (SSSR count). The first-order chi connectivity index (χ1) is 7.23. The lowest BCUT2D eigenvalue weighted by Crippen LogP contribution is -2.09. The number of rotatable bonds is 1. The standard InChI is InChI=1S/C13H15ClO/c14-10-5-3-4-9(8-10)13(15)11-6-1-2-7-12(11)13/h3-5,8,11-12,15H,1-2,6-7H2. The minimum atomic E-state index is -0.554. The molecule has 2 aliphatic carbocycles. The van der Waals surface area contributed by atoms with Crippen LogP contribution in [0.1, 0.15) is 31.2 Å². The average Bonchev–Trinajstić information content (AvgIpc) is 2.87. The quantitative estimate of drug-likeness (QED) is 0.773. The molecule has 0 spiro atoms. The van der Waals surface area contributed by atoms with Crippen LogP contribution < -0.4 is 0 Å². The van der Waals surface area contributed by atoms with Crippen LogP contribution in [-0.2, 0) is 5.60 Å². The second kappa shape index (κ2) is 3.23. The van der Waals surface area contributed by atoms with E-state index < -0.39 is 5.60 Å². The van der Waals surface area contributed by atoms with Crippen molar-refractivity contribution >= 4 is 11.6 Å². The molecule has 15 heavy (non-hydrogen) atoms. The molecule has 0 aliphatic heterocycles. The molecule has 0 saturated heterocycles. The van der Waals surface area contributed by atoms with Gasteiger partial charge >= 0.3 is 0 Å². The normalized spacial score (nSPS) is 38.5. The zero-order chi connectivity index (χ0) is 10.5. The van der Waals surface area contributed by atoms with Gasteiger partial charge in [-0.05, 0) is 42.4 Å². The van der Waals surface area contributed by atoms with Crippen molar-refractivity contribution in [3.63, 3.8) is 0 Å². The van der Waals surface area contributed by atoms with E-state index in [9.17, 15) is 5.11 Å². The highest BCUT2D eigenvalue weighted by atomic mass is 35.5. The van der Waals surface area contributed by atoms with Crippen molar-refractivity contribution in [2.24, 2.45) is 11.8 Å². The SMILES string of the molecule is OC1(c2cccc(Cl)c2)C2CCCCC21. The highest BCUT2D eigenvalue weighted by Gasteiger charge is 2.64. The van der Waals surface area contributed by atoms with Crippen LogP contribution in [0.15, 0.2) is 24.3 Å². The molecular weight excluding hydrogens is 208 g/mol. The van der Waals surface area contributed by atoms with Crippen molar-refractivity contribution in [3.05, 3.63) is 34.9 Å². The van der Waals surface area contributed by atoms with Crippen LogP contribution in [0.4, 0.5) is 0 Å². The molecule has 2 aliphatic rings. The Morgan fingerprint density at radius 1 is 1.20 bits per heavy atom. The minimum absolute atomic E-state index is 0.490. The van der Waals surface area contributed by atoms with Crippen molar-refractivity contribution in [2.45, 2.75) is 31.3 Å². The molecule has 1 aromatic carbocycles. The van der Waals surface area contributed by atoms with Crippen LogP contribution in [0.2, 0.25) is 5.02 Å². The molecule has 80 valence electrons. The molecule has 2 saturated carbocycles. The molecule has 1 aromatic rings. The number of benzene rings is 1. The monoisotopic (exact) mass is 222 g/mol. The Hall–Kier alpha value is -0.530. The second-order valence-corrected chi connectivity index (χ2v) is 5.27. The molecule has 0 bridgehead atoms. The van der Waals surface area contributed by atoms with Gasteiger partial charge in [-0.3, -0.25) is 0 Å². The van der Waals surface area contributed by atoms with Gasteiger partial charge in [0.2, 0.25) is 0 Å². The molecule has 2 fully saturated rings. The van der Waals surface area contributed by atoms with Gasteiger partial charge in [-0.1, -0.05) is 36.6 Å². The number of hydrogen-bond donors (Lipinski definition) is 1. The van der Waals surface area contributed by atoms with Gasteiger partial charge in [0.05, 0.1) is 5.60 Å². The average molecular weight is 223 g/mol.